The van der Waals surface area contributed by atoms with Crippen LogP contribution in [0.15, 0.2) is 48.8 Å². The van der Waals surface area contributed by atoms with E-state index >= 15 is 0 Å². The third kappa shape index (κ3) is 4.29. The van der Waals surface area contributed by atoms with Crippen LogP contribution in [0.25, 0.3) is 0 Å². The van der Waals surface area contributed by atoms with E-state index in [0.29, 0.717) is 31.5 Å². The molecule has 0 bridgehead atoms. The maximum Gasteiger partial charge on any atom is 0.416 e. The number of hydrogen-bond acceptors (Lipinski definition) is 3. The molecule has 0 unspecified atom stereocenters. The maximum atomic E-state index is 12.7. The van der Waals surface area contributed by atoms with Crippen LogP contribution in [0.2, 0.25) is 0 Å². The molecule has 1 aromatic heterocycles. The van der Waals surface area contributed by atoms with Gasteiger partial charge < -0.3 is 9.64 Å². The fourth-order valence-electron chi connectivity index (χ4n) is 2.79. The van der Waals surface area contributed by atoms with Crippen molar-refractivity contribution in [2.75, 3.05) is 13.1 Å². The van der Waals surface area contributed by atoms with Crippen LogP contribution in [0.3, 0.4) is 0 Å². The normalized spacial score (nSPS) is 15.9. The Morgan fingerprint density at radius 2 is 1.92 bits per heavy atom. The van der Waals surface area contributed by atoms with Crippen LogP contribution in [0.1, 0.15) is 28.8 Å². The summed E-state index contributed by atoms with van der Waals surface area (Å²) in [4.78, 5) is 18.0. The Labute approximate surface area is 143 Å². The fourth-order valence-corrected chi connectivity index (χ4v) is 2.79. The molecule has 0 N–H and O–H groups in total. The van der Waals surface area contributed by atoms with Crippen LogP contribution in [0, 0.1) is 0 Å². The molecule has 1 saturated heterocycles. The van der Waals surface area contributed by atoms with Crippen molar-refractivity contribution in [3.8, 4) is 5.75 Å². The molecule has 1 amide bonds. The van der Waals surface area contributed by atoms with Gasteiger partial charge in [0.05, 0.1) is 11.1 Å². The zero-order valence-corrected chi connectivity index (χ0v) is 13.4. The summed E-state index contributed by atoms with van der Waals surface area (Å²) in [5, 5.41) is 0. The summed E-state index contributed by atoms with van der Waals surface area (Å²) < 4.78 is 43.9. The van der Waals surface area contributed by atoms with E-state index in [4.69, 9.17) is 4.74 Å². The zero-order chi connectivity index (χ0) is 17.9. The second-order valence-corrected chi connectivity index (χ2v) is 5.88. The van der Waals surface area contributed by atoms with Gasteiger partial charge in [0.1, 0.15) is 11.9 Å². The van der Waals surface area contributed by atoms with Crippen LogP contribution in [-0.4, -0.2) is 35.0 Å². The molecule has 3 rings (SSSR count). The van der Waals surface area contributed by atoms with Gasteiger partial charge in [-0.25, -0.2) is 0 Å². The topological polar surface area (TPSA) is 42.4 Å². The average molecular weight is 350 g/mol. The third-order valence-corrected chi connectivity index (χ3v) is 4.10. The highest BCUT2D eigenvalue weighted by Gasteiger charge is 2.31. The quantitative estimate of drug-likeness (QED) is 0.846. The average Bonchev–Trinajstić information content (AvgIpc) is 2.62. The van der Waals surface area contributed by atoms with Crippen molar-refractivity contribution < 1.29 is 22.7 Å². The number of carbonyl (C=O) groups excluding carboxylic acids is 1. The van der Waals surface area contributed by atoms with E-state index in [1.807, 2.05) is 0 Å². The second-order valence-electron chi connectivity index (χ2n) is 5.88. The van der Waals surface area contributed by atoms with Gasteiger partial charge in [0.2, 0.25) is 0 Å². The smallest absolute Gasteiger partial charge is 0.416 e. The molecule has 7 heteroatoms. The number of rotatable bonds is 3. The Bertz CT molecular complexity index is 727. The maximum absolute atomic E-state index is 12.7. The number of hydrogen-bond donors (Lipinski definition) is 0. The van der Waals surface area contributed by atoms with Gasteiger partial charge in [-0.2, -0.15) is 13.2 Å². The lowest BCUT2D eigenvalue weighted by molar-refractivity contribution is -0.137. The van der Waals surface area contributed by atoms with Gasteiger partial charge >= 0.3 is 6.18 Å². The number of benzene rings is 1. The molecule has 0 aliphatic carbocycles. The number of aromatic nitrogens is 1. The standard InChI is InChI=1S/C18H17F3N2O2/c19-18(20,21)14-4-1-5-16(11-14)25-15-6-9-23(10-7-15)17(24)13-3-2-8-22-12-13/h1-5,8,11-12,15H,6-7,9-10H2. The van der Waals surface area contributed by atoms with E-state index in [1.165, 1.54) is 18.3 Å². The number of pyridine rings is 1. The molecule has 1 aliphatic heterocycles. The number of halogens is 3. The van der Waals surface area contributed by atoms with Crippen molar-refractivity contribution >= 4 is 5.91 Å². The molecule has 2 aromatic rings. The van der Waals surface area contributed by atoms with Crippen LogP contribution in [0.4, 0.5) is 13.2 Å². The Morgan fingerprint density at radius 3 is 2.56 bits per heavy atom. The van der Waals surface area contributed by atoms with Crippen LogP contribution in [-0.2, 0) is 6.18 Å². The first-order chi connectivity index (χ1) is 11.9. The lowest BCUT2D eigenvalue weighted by atomic mass is 10.1. The SMILES string of the molecule is O=C(c1cccnc1)N1CCC(Oc2cccc(C(F)(F)F)c2)CC1. The van der Waals surface area contributed by atoms with E-state index in [0.717, 1.165) is 12.1 Å². The molecule has 132 valence electrons. The first-order valence-electron chi connectivity index (χ1n) is 7.97. The number of nitrogens with zero attached hydrogens (tertiary/aromatic N) is 2. The molecule has 25 heavy (non-hydrogen) atoms. The highest BCUT2D eigenvalue weighted by atomic mass is 19.4. The summed E-state index contributed by atoms with van der Waals surface area (Å²) >= 11 is 0. The molecule has 1 aromatic carbocycles. The molecule has 2 heterocycles. The molecule has 0 atom stereocenters. The van der Waals surface area contributed by atoms with E-state index < -0.39 is 11.7 Å². The third-order valence-electron chi connectivity index (χ3n) is 4.10. The molecular formula is C18H17F3N2O2. The summed E-state index contributed by atoms with van der Waals surface area (Å²) in [6.45, 7) is 0.995. The molecule has 0 radical (unpaired) electrons. The Hall–Kier alpha value is -2.57. The summed E-state index contributed by atoms with van der Waals surface area (Å²) in [6, 6.07) is 8.29. The number of amides is 1. The van der Waals surface area contributed by atoms with Crippen molar-refractivity contribution in [3.63, 3.8) is 0 Å². The van der Waals surface area contributed by atoms with Gasteiger partial charge in [0.25, 0.3) is 5.91 Å². The van der Waals surface area contributed by atoms with Gasteiger partial charge in [-0.05, 0) is 30.3 Å². The highest BCUT2D eigenvalue weighted by molar-refractivity contribution is 5.93. The molecule has 1 fully saturated rings. The number of alkyl halides is 3. The van der Waals surface area contributed by atoms with E-state index in [9.17, 15) is 18.0 Å². The minimum absolute atomic E-state index is 0.0920. The zero-order valence-electron chi connectivity index (χ0n) is 13.4. The Morgan fingerprint density at radius 1 is 1.16 bits per heavy atom. The van der Waals surface area contributed by atoms with Gasteiger partial charge in [0, 0.05) is 38.3 Å². The summed E-state index contributed by atoms with van der Waals surface area (Å²) in [6.07, 6.45) is -0.329. The summed E-state index contributed by atoms with van der Waals surface area (Å²) in [7, 11) is 0. The van der Waals surface area contributed by atoms with Crippen molar-refractivity contribution in [2.24, 2.45) is 0 Å². The molecular weight excluding hydrogens is 333 g/mol. The van der Waals surface area contributed by atoms with Crippen LogP contribution in [0.5, 0.6) is 5.75 Å². The van der Waals surface area contributed by atoms with E-state index in [1.54, 1.807) is 23.2 Å². The number of likely N-dealkylation sites (tertiary alicyclic amines) is 1. The van der Waals surface area contributed by atoms with Crippen LogP contribution < -0.4 is 4.74 Å². The predicted octanol–water partition coefficient (Wildman–Crippen LogP) is 3.78. The number of piperidine rings is 1. The Kier molecular flexibility index (Phi) is 4.92. The lowest BCUT2D eigenvalue weighted by Gasteiger charge is -2.32. The van der Waals surface area contributed by atoms with Crippen molar-refractivity contribution in [1.82, 2.24) is 9.88 Å². The van der Waals surface area contributed by atoms with E-state index in [2.05, 4.69) is 4.98 Å². The van der Waals surface area contributed by atoms with E-state index in [-0.39, 0.29) is 17.8 Å². The molecule has 0 spiro atoms. The van der Waals surface area contributed by atoms with Gasteiger partial charge in [-0.3, -0.25) is 9.78 Å². The first-order valence-corrected chi connectivity index (χ1v) is 7.97. The van der Waals surface area contributed by atoms with Crippen molar-refractivity contribution in [2.45, 2.75) is 25.1 Å². The van der Waals surface area contributed by atoms with Gasteiger partial charge in [-0.1, -0.05) is 6.07 Å². The number of ether oxygens (including phenoxy) is 1. The Balaban J connectivity index is 1.57. The van der Waals surface area contributed by atoms with Gasteiger partial charge in [0.15, 0.2) is 0 Å². The fraction of sp³-hybridized carbons (Fsp3) is 0.333. The molecule has 4 nitrogen and oxygen atoms in total. The van der Waals surface area contributed by atoms with Crippen molar-refractivity contribution in [3.05, 3.63) is 59.9 Å². The predicted molar refractivity (Wildman–Crippen MR) is 85.2 cm³/mol. The minimum atomic E-state index is -4.39. The molecule has 1 aliphatic rings. The van der Waals surface area contributed by atoms with Gasteiger partial charge in [-0.15, -0.1) is 0 Å². The monoisotopic (exact) mass is 350 g/mol. The molecule has 0 saturated carbocycles. The summed E-state index contributed by atoms with van der Waals surface area (Å²) in [5.41, 5.74) is -0.200. The number of carbonyl (C=O) groups is 1. The first kappa shape index (κ1) is 17.3. The second kappa shape index (κ2) is 7.13. The van der Waals surface area contributed by atoms with Crippen molar-refractivity contribution in [1.29, 1.82) is 0 Å². The largest absolute Gasteiger partial charge is 0.490 e. The highest BCUT2D eigenvalue weighted by Crippen LogP contribution is 2.32. The van der Waals surface area contributed by atoms with Crippen LogP contribution >= 0.6 is 0 Å². The summed E-state index contributed by atoms with van der Waals surface area (Å²) in [5.74, 6) is 0.109. The lowest BCUT2D eigenvalue weighted by Crippen LogP contribution is -2.41. The minimum Gasteiger partial charge on any atom is -0.490 e.